The lowest BCUT2D eigenvalue weighted by atomic mass is 9.93. The van der Waals surface area contributed by atoms with Crippen molar-refractivity contribution in [2.24, 2.45) is 0 Å². The molecule has 11 rings (SSSR count). The molecule has 0 aliphatic heterocycles. The Morgan fingerprint density at radius 2 is 0.684 bits per heavy atom. The highest BCUT2D eigenvalue weighted by atomic mass is 16.3. The van der Waals surface area contributed by atoms with E-state index in [0.29, 0.717) is 17.5 Å². The zero-order chi connectivity index (χ0) is 37.7. The third-order valence-electron chi connectivity index (χ3n) is 11.0. The van der Waals surface area contributed by atoms with Crippen molar-refractivity contribution in [1.82, 2.24) is 15.0 Å². The molecule has 0 bridgehead atoms. The molecule has 0 saturated heterocycles. The second-order valence-electron chi connectivity index (χ2n) is 14.4. The maximum atomic E-state index is 6.87. The minimum atomic E-state index is 0.625. The first-order chi connectivity index (χ1) is 28.2. The van der Waals surface area contributed by atoms with E-state index in [1.807, 2.05) is 60.7 Å². The van der Waals surface area contributed by atoms with Gasteiger partial charge < -0.3 is 4.42 Å². The smallest absolute Gasteiger partial charge is 0.164 e. The van der Waals surface area contributed by atoms with Crippen LogP contribution in [0.5, 0.6) is 0 Å². The predicted octanol–water partition coefficient (Wildman–Crippen LogP) is 14.1. The number of hydrogen-bond donors (Lipinski definition) is 0. The van der Waals surface area contributed by atoms with Gasteiger partial charge >= 0.3 is 0 Å². The van der Waals surface area contributed by atoms with Gasteiger partial charge in [-0.3, -0.25) is 0 Å². The van der Waals surface area contributed by atoms with Crippen LogP contribution >= 0.6 is 0 Å². The summed E-state index contributed by atoms with van der Waals surface area (Å²) in [7, 11) is 0. The Balaban J connectivity index is 0.995. The molecule has 0 radical (unpaired) electrons. The van der Waals surface area contributed by atoms with Crippen LogP contribution in [0.1, 0.15) is 0 Å². The first-order valence-corrected chi connectivity index (χ1v) is 19.2. The monoisotopic (exact) mass is 727 g/mol. The number of benzene rings is 9. The van der Waals surface area contributed by atoms with Gasteiger partial charge in [0.05, 0.1) is 0 Å². The molecule has 2 heterocycles. The summed E-state index contributed by atoms with van der Waals surface area (Å²) in [5.74, 6) is 1.91. The Bertz CT molecular complexity index is 3200. The molecule has 0 fully saturated rings. The van der Waals surface area contributed by atoms with Crippen molar-refractivity contribution in [3.63, 3.8) is 0 Å². The lowest BCUT2D eigenvalue weighted by Crippen LogP contribution is -2.00. The Hall–Kier alpha value is -7.69. The van der Waals surface area contributed by atoms with E-state index in [4.69, 9.17) is 19.4 Å². The van der Waals surface area contributed by atoms with Crippen molar-refractivity contribution in [3.8, 4) is 67.5 Å². The minimum absolute atomic E-state index is 0.625. The average molecular weight is 728 g/mol. The molecule has 0 unspecified atom stereocenters. The second-order valence-corrected chi connectivity index (χ2v) is 14.4. The molecule has 266 valence electrons. The molecule has 0 amide bonds. The van der Waals surface area contributed by atoms with E-state index in [0.717, 1.165) is 60.5 Å². The van der Waals surface area contributed by atoms with Gasteiger partial charge in [-0.05, 0) is 50.0 Å². The van der Waals surface area contributed by atoms with E-state index in [2.05, 4.69) is 140 Å². The molecule has 0 atom stereocenters. The Morgan fingerprint density at radius 1 is 0.263 bits per heavy atom. The van der Waals surface area contributed by atoms with Gasteiger partial charge in [-0.15, -0.1) is 0 Å². The zero-order valence-corrected chi connectivity index (χ0v) is 30.8. The number of hydrogen-bond acceptors (Lipinski definition) is 4. The second kappa shape index (κ2) is 13.6. The molecule has 4 heteroatoms. The summed E-state index contributed by atoms with van der Waals surface area (Å²) in [6.07, 6.45) is 0. The lowest BCUT2D eigenvalue weighted by molar-refractivity contribution is 0.674. The van der Waals surface area contributed by atoms with Gasteiger partial charge in [0.25, 0.3) is 0 Å². The van der Waals surface area contributed by atoms with Crippen LogP contribution in [0.4, 0.5) is 0 Å². The summed E-state index contributed by atoms with van der Waals surface area (Å²) in [6, 6.07) is 69.9. The Kier molecular flexibility index (Phi) is 7.78. The molecule has 0 spiro atoms. The number of nitrogens with zero attached hydrogens (tertiary/aromatic N) is 3. The van der Waals surface area contributed by atoms with E-state index < -0.39 is 0 Å². The van der Waals surface area contributed by atoms with Crippen molar-refractivity contribution in [1.29, 1.82) is 0 Å². The third-order valence-corrected chi connectivity index (χ3v) is 11.0. The number of aromatic nitrogens is 3. The van der Waals surface area contributed by atoms with Gasteiger partial charge in [0.15, 0.2) is 17.5 Å². The Labute approximate surface area is 329 Å². The molecular weight excluding hydrogens is 695 g/mol. The largest absolute Gasteiger partial charge is 0.455 e. The van der Waals surface area contributed by atoms with Gasteiger partial charge in [-0.2, -0.15) is 0 Å². The van der Waals surface area contributed by atoms with Crippen molar-refractivity contribution in [3.05, 3.63) is 200 Å². The van der Waals surface area contributed by atoms with E-state index in [9.17, 15) is 0 Å². The fourth-order valence-electron chi connectivity index (χ4n) is 8.13. The number of fused-ring (bicyclic) bond motifs is 6. The summed E-state index contributed by atoms with van der Waals surface area (Å²) in [6.45, 7) is 0. The molecule has 4 nitrogen and oxygen atoms in total. The highest BCUT2D eigenvalue weighted by molar-refractivity contribution is 6.20. The summed E-state index contributed by atoms with van der Waals surface area (Å²) in [5, 5.41) is 6.95. The van der Waals surface area contributed by atoms with Gasteiger partial charge in [-0.1, -0.05) is 194 Å². The number of para-hydroxylation sites is 1. The Morgan fingerprint density at radius 3 is 1.33 bits per heavy atom. The van der Waals surface area contributed by atoms with Crippen LogP contribution in [0.25, 0.3) is 111 Å². The van der Waals surface area contributed by atoms with E-state index in [1.165, 1.54) is 33.0 Å². The summed E-state index contributed by atoms with van der Waals surface area (Å²) in [5.41, 5.74) is 11.4. The quantitative estimate of drug-likeness (QED) is 0.171. The molecule has 9 aromatic carbocycles. The van der Waals surface area contributed by atoms with E-state index in [1.54, 1.807) is 0 Å². The van der Waals surface area contributed by atoms with Crippen LogP contribution in [-0.4, -0.2) is 15.0 Å². The minimum Gasteiger partial charge on any atom is -0.455 e. The molecule has 0 N–H and O–H groups in total. The van der Waals surface area contributed by atoms with Crippen molar-refractivity contribution in [2.45, 2.75) is 0 Å². The zero-order valence-electron chi connectivity index (χ0n) is 30.8. The number of rotatable bonds is 6. The van der Waals surface area contributed by atoms with Gasteiger partial charge in [0.2, 0.25) is 0 Å². The van der Waals surface area contributed by atoms with Crippen LogP contribution in [-0.2, 0) is 0 Å². The lowest BCUT2D eigenvalue weighted by Gasteiger charge is -2.11. The molecule has 11 aromatic rings. The van der Waals surface area contributed by atoms with Crippen molar-refractivity contribution in [2.75, 3.05) is 0 Å². The summed E-state index contributed by atoms with van der Waals surface area (Å²) < 4.78 is 6.87. The van der Waals surface area contributed by atoms with Crippen LogP contribution in [0.3, 0.4) is 0 Å². The highest BCUT2D eigenvalue weighted by Gasteiger charge is 2.18. The third kappa shape index (κ3) is 5.74. The number of furan rings is 1. The fourth-order valence-corrected chi connectivity index (χ4v) is 8.13. The molecule has 0 aliphatic rings. The van der Waals surface area contributed by atoms with Crippen molar-refractivity contribution >= 4 is 43.5 Å². The van der Waals surface area contributed by atoms with E-state index in [-0.39, 0.29) is 0 Å². The van der Waals surface area contributed by atoms with Crippen LogP contribution in [0.15, 0.2) is 205 Å². The summed E-state index contributed by atoms with van der Waals surface area (Å²) >= 11 is 0. The van der Waals surface area contributed by atoms with Crippen LogP contribution in [0.2, 0.25) is 0 Å². The van der Waals surface area contributed by atoms with Gasteiger partial charge in [-0.25, -0.2) is 15.0 Å². The van der Waals surface area contributed by atoms with Crippen LogP contribution < -0.4 is 0 Å². The first-order valence-electron chi connectivity index (χ1n) is 19.2. The molecule has 2 aromatic heterocycles. The molecule has 0 saturated carbocycles. The maximum Gasteiger partial charge on any atom is 0.164 e. The molecular formula is C53H33N3O. The van der Waals surface area contributed by atoms with Gasteiger partial charge in [0.1, 0.15) is 11.2 Å². The predicted molar refractivity (Wildman–Crippen MR) is 235 cm³/mol. The SMILES string of the molecule is c1ccc(-c2nc(-c3ccccc3)nc(-c3ccc(-c4cccc5c4oc4c6ccccc6c(-c6ccc(-c7cccc8ccccc78)cc6)cc54)cc3)n2)cc1. The van der Waals surface area contributed by atoms with Gasteiger partial charge in [0, 0.05) is 38.4 Å². The molecule has 0 aliphatic carbocycles. The standard InChI is InChI=1S/C53H33N3O/c1-3-14-38(15-4-1)51-54-52(39-16-5-2-6-17-39)56-53(55-51)40-31-29-36(30-32-40)43-23-12-24-46-48-33-47(44-20-9-10-21-45(44)50(48)57-49(43)46)37-27-25-35(26-28-37)42-22-11-18-34-13-7-8-19-41(34)42/h1-33H. The topological polar surface area (TPSA) is 51.8 Å². The summed E-state index contributed by atoms with van der Waals surface area (Å²) in [4.78, 5) is 14.7. The van der Waals surface area contributed by atoms with Crippen LogP contribution in [0, 0.1) is 0 Å². The average Bonchev–Trinajstić information content (AvgIpc) is 3.68. The van der Waals surface area contributed by atoms with E-state index >= 15 is 0 Å². The highest BCUT2D eigenvalue weighted by Crippen LogP contribution is 2.43. The maximum absolute atomic E-state index is 6.87. The molecule has 57 heavy (non-hydrogen) atoms. The fraction of sp³-hybridized carbons (Fsp3) is 0. The normalized spacial score (nSPS) is 11.5. The van der Waals surface area contributed by atoms with Crippen molar-refractivity contribution < 1.29 is 4.42 Å². The first kappa shape index (κ1) is 32.7.